The average molecular weight is 406 g/mol. The van der Waals surface area contributed by atoms with Crippen LogP contribution in [0.4, 0.5) is 0 Å². The van der Waals surface area contributed by atoms with E-state index in [1.807, 2.05) is 25.0 Å². The highest BCUT2D eigenvalue weighted by molar-refractivity contribution is 7.98. The van der Waals surface area contributed by atoms with Crippen LogP contribution in [0.25, 0.3) is 5.78 Å². The lowest BCUT2D eigenvalue weighted by atomic mass is 10.00. The number of carbonyl (C=O) groups is 2. The number of hydrogen-bond donors (Lipinski definition) is 0. The molecule has 2 aromatic heterocycles. The standard InChI is InChI=1S/C19H27N5O3S/c1-5-14-8-6-7-9-23(14)16(25)11-27-17(26)10-15-12(2)20-18-21-19(28-4)22-24(18)13(15)3/h14H,5-11H2,1-4H3. The lowest BCUT2D eigenvalue weighted by Crippen LogP contribution is -2.45. The van der Waals surface area contributed by atoms with Gasteiger partial charge in [-0.15, -0.1) is 5.10 Å². The minimum atomic E-state index is -0.434. The number of esters is 1. The number of aryl methyl sites for hydroxylation is 2. The summed E-state index contributed by atoms with van der Waals surface area (Å²) in [7, 11) is 0. The van der Waals surface area contributed by atoms with Crippen molar-refractivity contribution in [2.45, 2.75) is 64.1 Å². The van der Waals surface area contributed by atoms with E-state index in [-0.39, 0.29) is 25.0 Å². The number of piperidine rings is 1. The molecule has 1 atom stereocenters. The second-order valence-electron chi connectivity index (χ2n) is 7.05. The van der Waals surface area contributed by atoms with Crippen LogP contribution in [0.3, 0.4) is 0 Å². The first-order valence-electron chi connectivity index (χ1n) is 9.66. The molecule has 0 saturated carbocycles. The summed E-state index contributed by atoms with van der Waals surface area (Å²) in [6.45, 7) is 6.35. The SMILES string of the molecule is CCC1CCCCN1C(=O)COC(=O)Cc1c(C)nc2nc(SC)nn2c1C. The highest BCUT2D eigenvalue weighted by Crippen LogP contribution is 2.20. The van der Waals surface area contributed by atoms with Crippen LogP contribution in [0.5, 0.6) is 0 Å². The van der Waals surface area contributed by atoms with Gasteiger partial charge in [-0.05, 0) is 45.8 Å². The number of ether oxygens (including phenoxy) is 1. The zero-order valence-corrected chi connectivity index (χ0v) is 17.7. The summed E-state index contributed by atoms with van der Waals surface area (Å²) < 4.78 is 6.94. The summed E-state index contributed by atoms with van der Waals surface area (Å²) in [5, 5.41) is 5.02. The van der Waals surface area contributed by atoms with Gasteiger partial charge in [-0.25, -0.2) is 9.50 Å². The van der Waals surface area contributed by atoms with Gasteiger partial charge in [-0.2, -0.15) is 4.98 Å². The number of amides is 1. The Morgan fingerprint density at radius 2 is 2.04 bits per heavy atom. The van der Waals surface area contributed by atoms with Crippen LogP contribution in [0.15, 0.2) is 5.16 Å². The second kappa shape index (κ2) is 8.89. The molecule has 1 saturated heterocycles. The predicted octanol–water partition coefficient (Wildman–Crippen LogP) is 2.34. The molecular formula is C19H27N5O3S. The second-order valence-corrected chi connectivity index (χ2v) is 7.83. The average Bonchev–Trinajstić information content (AvgIpc) is 3.12. The van der Waals surface area contributed by atoms with Crippen LogP contribution in [0, 0.1) is 13.8 Å². The Labute approximate surface area is 169 Å². The van der Waals surface area contributed by atoms with Gasteiger partial charge in [-0.3, -0.25) is 9.59 Å². The highest BCUT2D eigenvalue weighted by atomic mass is 32.2. The third-order valence-corrected chi connectivity index (χ3v) is 5.85. The van der Waals surface area contributed by atoms with Crippen molar-refractivity contribution in [1.29, 1.82) is 0 Å². The van der Waals surface area contributed by atoms with E-state index in [0.717, 1.165) is 49.2 Å². The van der Waals surface area contributed by atoms with E-state index in [1.54, 1.807) is 4.52 Å². The van der Waals surface area contributed by atoms with Gasteiger partial charge in [0, 0.05) is 29.5 Å². The van der Waals surface area contributed by atoms with Crippen molar-refractivity contribution in [3.05, 3.63) is 17.0 Å². The van der Waals surface area contributed by atoms with Crippen molar-refractivity contribution in [2.75, 3.05) is 19.4 Å². The molecule has 2 aromatic rings. The first kappa shape index (κ1) is 20.6. The van der Waals surface area contributed by atoms with Crippen LogP contribution in [-0.4, -0.2) is 61.8 Å². The zero-order valence-electron chi connectivity index (χ0n) is 16.9. The summed E-state index contributed by atoms with van der Waals surface area (Å²) in [5.74, 6) is -0.0267. The molecule has 0 N–H and O–H groups in total. The Bertz CT molecular complexity index is 882. The number of hydrogen-bond acceptors (Lipinski definition) is 7. The predicted molar refractivity (Wildman–Crippen MR) is 106 cm³/mol. The summed E-state index contributed by atoms with van der Waals surface area (Å²) in [6, 6.07) is 0.258. The maximum absolute atomic E-state index is 12.5. The fourth-order valence-electron chi connectivity index (χ4n) is 3.71. The van der Waals surface area contributed by atoms with Gasteiger partial charge in [0.05, 0.1) is 6.42 Å². The Morgan fingerprint density at radius 1 is 1.25 bits per heavy atom. The minimum Gasteiger partial charge on any atom is -0.455 e. The molecule has 1 aliphatic rings. The van der Waals surface area contributed by atoms with E-state index in [1.165, 1.54) is 11.8 Å². The number of nitrogens with zero attached hydrogens (tertiary/aromatic N) is 5. The Kier molecular flexibility index (Phi) is 6.53. The van der Waals surface area contributed by atoms with Crippen LogP contribution >= 0.6 is 11.8 Å². The van der Waals surface area contributed by atoms with Gasteiger partial charge in [0.2, 0.25) is 5.16 Å². The van der Waals surface area contributed by atoms with Crippen LogP contribution in [0.1, 0.15) is 49.6 Å². The van der Waals surface area contributed by atoms with Gasteiger partial charge in [0.15, 0.2) is 6.61 Å². The number of fused-ring (bicyclic) bond motifs is 1. The van der Waals surface area contributed by atoms with Gasteiger partial charge in [-0.1, -0.05) is 18.7 Å². The molecule has 0 radical (unpaired) electrons. The molecule has 3 rings (SSSR count). The van der Waals surface area contributed by atoms with Crippen molar-refractivity contribution < 1.29 is 14.3 Å². The van der Waals surface area contributed by atoms with Gasteiger partial charge >= 0.3 is 5.97 Å². The molecule has 0 aromatic carbocycles. The molecule has 1 amide bonds. The Balaban J connectivity index is 1.65. The molecule has 3 heterocycles. The molecule has 0 aliphatic carbocycles. The van der Waals surface area contributed by atoms with Crippen LogP contribution < -0.4 is 0 Å². The summed E-state index contributed by atoms with van der Waals surface area (Å²) in [4.78, 5) is 35.5. The number of likely N-dealkylation sites (tertiary alicyclic amines) is 1. The summed E-state index contributed by atoms with van der Waals surface area (Å²) in [6.07, 6.45) is 6.07. The van der Waals surface area contributed by atoms with Gasteiger partial charge < -0.3 is 9.64 Å². The maximum atomic E-state index is 12.5. The van der Waals surface area contributed by atoms with E-state index in [9.17, 15) is 9.59 Å². The molecule has 0 bridgehead atoms. The molecule has 1 fully saturated rings. The fourth-order valence-corrected chi connectivity index (χ4v) is 4.04. The minimum absolute atomic E-state index is 0.0551. The van der Waals surface area contributed by atoms with E-state index >= 15 is 0 Å². The zero-order chi connectivity index (χ0) is 20.3. The van der Waals surface area contributed by atoms with E-state index in [2.05, 4.69) is 22.0 Å². The summed E-state index contributed by atoms with van der Waals surface area (Å²) in [5.41, 5.74) is 2.28. The fraction of sp³-hybridized carbons (Fsp3) is 0.632. The van der Waals surface area contributed by atoms with Crippen LogP contribution in [0.2, 0.25) is 0 Å². The number of aromatic nitrogens is 4. The molecule has 1 unspecified atom stereocenters. The van der Waals surface area contributed by atoms with Crippen molar-refractivity contribution in [2.24, 2.45) is 0 Å². The van der Waals surface area contributed by atoms with Crippen molar-refractivity contribution in [3.8, 4) is 0 Å². The largest absolute Gasteiger partial charge is 0.455 e. The van der Waals surface area contributed by atoms with Crippen molar-refractivity contribution >= 4 is 29.4 Å². The topological polar surface area (TPSA) is 89.7 Å². The monoisotopic (exact) mass is 405 g/mol. The third-order valence-electron chi connectivity index (χ3n) is 5.31. The van der Waals surface area contributed by atoms with Gasteiger partial charge in [0.1, 0.15) is 0 Å². The molecule has 8 nitrogen and oxygen atoms in total. The van der Waals surface area contributed by atoms with E-state index < -0.39 is 5.97 Å². The number of rotatable bonds is 6. The normalized spacial score (nSPS) is 17.1. The first-order valence-corrected chi connectivity index (χ1v) is 10.9. The van der Waals surface area contributed by atoms with Gasteiger partial charge in [0.25, 0.3) is 11.7 Å². The molecular weight excluding hydrogens is 378 g/mol. The summed E-state index contributed by atoms with van der Waals surface area (Å²) >= 11 is 1.44. The molecule has 9 heteroatoms. The lowest BCUT2D eigenvalue weighted by molar-refractivity contribution is -0.153. The Morgan fingerprint density at radius 3 is 2.75 bits per heavy atom. The van der Waals surface area contributed by atoms with Crippen LogP contribution in [-0.2, 0) is 20.7 Å². The third kappa shape index (κ3) is 4.29. The first-order chi connectivity index (χ1) is 13.4. The van der Waals surface area contributed by atoms with E-state index in [4.69, 9.17) is 4.74 Å². The van der Waals surface area contributed by atoms with Crippen molar-refractivity contribution in [1.82, 2.24) is 24.5 Å². The quantitative estimate of drug-likeness (QED) is 0.538. The smallest absolute Gasteiger partial charge is 0.310 e. The Hall–Kier alpha value is -2.16. The lowest BCUT2D eigenvalue weighted by Gasteiger charge is -2.35. The molecule has 1 aliphatic heterocycles. The highest BCUT2D eigenvalue weighted by Gasteiger charge is 2.26. The number of carbonyl (C=O) groups excluding carboxylic acids is 2. The van der Waals surface area contributed by atoms with E-state index in [0.29, 0.717) is 10.9 Å². The molecule has 28 heavy (non-hydrogen) atoms. The number of thioether (sulfide) groups is 1. The maximum Gasteiger partial charge on any atom is 0.310 e. The molecule has 0 spiro atoms. The molecule has 152 valence electrons. The van der Waals surface area contributed by atoms with Crippen molar-refractivity contribution in [3.63, 3.8) is 0 Å².